The van der Waals surface area contributed by atoms with E-state index in [1.807, 2.05) is 30.1 Å². The summed E-state index contributed by atoms with van der Waals surface area (Å²) in [7, 11) is 1.99. The minimum Gasteiger partial charge on any atom is -0.344 e. The van der Waals surface area contributed by atoms with Crippen molar-refractivity contribution in [2.24, 2.45) is 0 Å². The number of nitrogens with one attached hydrogen (secondary N) is 1. The summed E-state index contributed by atoms with van der Waals surface area (Å²) in [5.41, 5.74) is 2.35. The number of rotatable bonds is 4. The van der Waals surface area contributed by atoms with Gasteiger partial charge in [-0.15, -0.1) is 0 Å². The molecule has 1 fully saturated rings. The Morgan fingerprint density at radius 3 is 2.86 bits per heavy atom. The lowest BCUT2D eigenvalue weighted by Crippen LogP contribution is -2.40. The van der Waals surface area contributed by atoms with Gasteiger partial charge in [0.15, 0.2) is 5.13 Å². The third kappa shape index (κ3) is 3.25. The van der Waals surface area contributed by atoms with Crippen LogP contribution in [0.25, 0.3) is 11.3 Å². The van der Waals surface area contributed by atoms with Crippen molar-refractivity contribution in [3.63, 3.8) is 0 Å². The van der Waals surface area contributed by atoms with E-state index in [4.69, 9.17) is 4.98 Å². The SMILES string of the molecule is CNCc1sc(N2CCSCC2C)nc1-c1ccccc1. The summed E-state index contributed by atoms with van der Waals surface area (Å²) in [5, 5.41) is 4.44. The van der Waals surface area contributed by atoms with E-state index in [9.17, 15) is 0 Å². The Morgan fingerprint density at radius 1 is 1.33 bits per heavy atom. The molecular formula is C16H21N3S2. The molecule has 1 aliphatic heterocycles. The Hall–Kier alpha value is -1.04. The van der Waals surface area contributed by atoms with Crippen molar-refractivity contribution in [1.82, 2.24) is 10.3 Å². The summed E-state index contributed by atoms with van der Waals surface area (Å²) in [4.78, 5) is 8.76. The van der Waals surface area contributed by atoms with Crippen molar-refractivity contribution < 1.29 is 0 Å². The van der Waals surface area contributed by atoms with E-state index >= 15 is 0 Å². The predicted octanol–water partition coefficient (Wildman–Crippen LogP) is 3.47. The highest BCUT2D eigenvalue weighted by molar-refractivity contribution is 7.99. The van der Waals surface area contributed by atoms with Crippen LogP contribution in [0.3, 0.4) is 0 Å². The molecule has 5 heteroatoms. The molecule has 3 rings (SSSR count). The van der Waals surface area contributed by atoms with Gasteiger partial charge in [0.2, 0.25) is 0 Å². The van der Waals surface area contributed by atoms with Crippen LogP contribution < -0.4 is 10.2 Å². The zero-order valence-corrected chi connectivity index (χ0v) is 14.1. The van der Waals surface area contributed by atoms with E-state index < -0.39 is 0 Å². The number of nitrogens with zero attached hydrogens (tertiary/aromatic N) is 2. The molecule has 0 spiro atoms. The van der Waals surface area contributed by atoms with Crippen LogP contribution in [0.1, 0.15) is 11.8 Å². The maximum Gasteiger partial charge on any atom is 0.186 e. The number of aromatic nitrogens is 1. The van der Waals surface area contributed by atoms with Crippen molar-refractivity contribution in [2.45, 2.75) is 19.5 Å². The highest BCUT2D eigenvalue weighted by Gasteiger charge is 2.23. The van der Waals surface area contributed by atoms with Crippen molar-refractivity contribution >= 4 is 28.2 Å². The average Bonchev–Trinajstić information content (AvgIpc) is 2.93. The number of hydrogen-bond acceptors (Lipinski definition) is 5. The molecule has 1 aliphatic rings. The Bertz CT molecular complexity index is 582. The molecule has 3 nitrogen and oxygen atoms in total. The van der Waals surface area contributed by atoms with E-state index in [1.165, 1.54) is 27.1 Å². The maximum absolute atomic E-state index is 4.97. The van der Waals surface area contributed by atoms with Gasteiger partial charge in [-0.05, 0) is 14.0 Å². The van der Waals surface area contributed by atoms with Gasteiger partial charge in [0.05, 0.1) is 5.69 Å². The van der Waals surface area contributed by atoms with Crippen LogP contribution in [0.4, 0.5) is 5.13 Å². The lowest BCUT2D eigenvalue weighted by Gasteiger charge is -2.32. The topological polar surface area (TPSA) is 28.2 Å². The fourth-order valence-electron chi connectivity index (χ4n) is 2.58. The summed E-state index contributed by atoms with van der Waals surface area (Å²) in [6, 6.07) is 11.1. The normalized spacial score (nSPS) is 19.0. The molecule has 1 unspecified atom stereocenters. The minimum atomic E-state index is 0.570. The van der Waals surface area contributed by atoms with Gasteiger partial charge in [0.25, 0.3) is 0 Å². The lowest BCUT2D eigenvalue weighted by molar-refractivity contribution is 0.697. The Balaban J connectivity index is 1.96. The van der Waals surface area contributed by atoms with Gasteiger partial charge in [0.1, 0.15) is 0 Å². The Kier molecular flexibility index (Phi) is 4.83. The molecule has 0 aliphatic carbocycles. The van der Waals surface area contributed by atoms with Gasteiger partial charge in [-0.1, -0.05) is 41.7 Å². The zero-order chi connectivity index (χ0) is 14.7. The first-order valence-corrected chi connectivity index (χ1v) is 9.31. The fraction of sp³-hybridized carbons (Fsp3) is 0.438. The summed E-state index contributed by atoms with van der Waals surface area (Å²) in [6.07, 6.45) is 0. The van der Waals surface area contributed by atoms with Crippen LogP contribution in [0.2, 0.25) is 0 Å². The van der Waals surface area contributed by atoms with Crippen molar-refractivity contribution in [3.8, 4) is 11.3 Å². The quantitative estimate of drug-likeness (QED) is 0.934. The molecule has 1 N–H and O–H groups in total. The second kappa shape index (κ2) is 6.81. The molecule has 0 amide bonds. The molecule has 2 aromatic rings. The molecule has 1 aromatic carbocycles. The van der Waals surface area contributed by atoms with Crippen LogP contribution in [0, 0.1) is 0 Å². The van der Waals surface area contributed by atoms with Gasteiger partial charge in [0, 0.05) is 41.1 Å². The van der Waals surface area contributed by atoms with E-state index in [2.05, 4.69) is 47.5 Å². The predicted molar refractivity (Wildman–Crippen MR) is 94.4 cm³/mol. The standard InChI is InChI=1S/C16H21N3S2/c1-12-11-20-9-8-19(12)16-18-15(14(21-16)10-17-2)13-6-4-3-5-7-13/h3-7,12,17H,8-11H2,1-2H3. The second-order valence-electron chi connectivity index (χ2n) is 5.28. The molecule has 0 bridgehead atoms. The van der Waals surface area contributed by atoms with Gasteiger partial charge in [-0.25, -0.2) is 4.98 Å². The third-order valence-corrected chi connectivity index (χ3v) is 5.97. The maximum atomic E-state index is 4.97. The molecule has 1 aromatic heterocycles. The fourth-order valence-corrected chi connectivity index (χ4v) is 4.81. The van der Waals surface area contributed by atoms with Crippen LogP contribution in [-0.4, -0.2) is 36.1 Å². The lowest BCUT2D eigenvalue weighted by atomic mass is 10.1. The molecule has 1 saturated heterocycles. The van der Waals surface area contributed by atoms with Crippen molar-refractivity contribution in [3.05, 3.63) is 35.2 Å². The number of hydrogen-bond donors (Lipinski definition) is 1. The van der Waals surface area contributed by atoms with Crippen LogP contribution in [0.15, 0.2) is 30.3 Å². The van der Waals surface area contributed by atoms with Crippen LogP contribution in [0.5, 0.6) is 0 Å². The van der Waals surface area contributed by atoms with E-state index in [-0.39, 0.29) is 0 Å². The van der Waals surface area contributed by atoms with E-state index in [1.54, 1.807) is 0 Å². The Morgan fingerprint density at radius 2 is 2.14 bits per heavy atom. The minimum absolute atomic E-state index is 0.570. The molecule has 21 heavy (non-hydrogen) atoms. The van der Waals surface area contributed by atoms with Crippen LogP contribution >= 0.6 is 23.1 Å². The van der Waals surface area contributed by atoms with Gasteiger partial charge < -0.3 is 10.2 Å². The first-order valence-electron chi connectivity index (χ1n) is 7.33. The van der Waals surface area contributed by atoms with Gasteiger partial charge in [-0.3, -0.25) is 0 Å². The third-order valence-electron chi connectivity index (χ3n) is 3.68. The summed E-state index contributed by atoms with van der Waals surface area (Å²) in [6.45, 7) is 4.28. The van der Waals surface area contributed by atoms with Crippen LogP contribution in [-0.2, 0) is 6.54 Å². The molecular weight excluding hydrogens is 298 g/mol. The number of thioether (sulfide) groups is 1. The highest BCUT2D eigenvalue weighted by Crippen LogP contribution is 2.35. The Labute approximate surface area is 134 Å². The molecule has 0 radical (unpaired) electrons. The van der Waals surface area contributed by atoms with E-state index in [0.717, 1.165) is 18.8 Å². The number of anilines is 1. The number of benzene rings is 1. The average molecular weight is 319 g/mol. The monoisotopic (exact) mass is 319 g/mol. The molecule has 2 heterocycles. The molecule has 112 valence electrons. The molecule has 1 atom stereocenters. The number of thiazole rings is 1. The largest absolute Gasteiger partial charge is 0.344 e. The van der Waals surface area contributed by atoms with Gasteiger partial charge in [-0.2, -0.15) is 11.8 Å². The van der Waals surface area contributed by atoms with Crippen molar-refractivity contribution in [2.75, 3.05) is 30.0 Å². The first kappa shape index (κ1) is 14.9. The second-order valence-corrected chi connectivity index (χ2v) is 7.49. The summed E-state index contributed by atoms with van der Waals surface area (Å²) >= 11 is 3.87. The molecule has 0 saturated carbocycles. The van der Waals surface area contributed by atoms with Crippen molar-refractivity contribution in [1.29, 1.82) is 0 Å². The highest BCUT2D eigenvalue weighted by atomic mass is 32.2. The smallest absolute Gasteiger partial charge is 0.186 e. The summed E-state index contributed by atoms with van der Waals surface area (Å²) in [5.74, 6) is 2.40. The zero-order valence-electron chi connectivity index (χ0n) is 12.5. The first-order chi connectivity index (χ1) is 10.3. The summed E-state index contributed by atoms with van der Waals surface area (Å²) < 4.78 is 0. The van der Waals surface area contributed by atoms with E-state index in [0.29, 0.717) is 6.04 Å². The van der Waals surface area contributed by atoms with Gasteiger partial charge >= 0.3 is 0 Å².